The fourth-order valence-electron chi connectivity index (χ4n) is 4.74. The van der Waals surface area contributed by atoms with E-state index < -0.39 is 24.6 Å². The van der Waals surface area contributed by atoms with Crippen LogP contribution in [-0.2, 0) is 29.3 Å². The molecule has 0 bridgehead atoms. The van der Waals surface area contributed by atoms with Crippen LogP contribution < -0.4 is 19.5 Å². The summed E-state index contributed by atoms with van der Waals surface area (Å²) < 4.78 is 22.8. The number of nitrogens with zero attached hydrogens (tertiary/aromatic N) is 2. The number of halogens is 2. The number of fused-ring (bicyclic) bond motifs is 1. The molecular formula is C34H31Cl2N3O9. The highest BCUT2D eigenvalue weighted by Gasteiger charge is 2.19. The molecule has 1 heterocycles. The van der Waals surface area contributed by atoms with E-state index in [1.54, 1.807) is 30.3 Å². The zero-order valence-electron chi connectivity index (χ0n) is 25.4. The molecule has 1 aromatic heterocycles. The molecule has 0 saturated carbocycles. The number of nitrogens with one attached hydrogen (secondary N) is 1. The lowest BCUT2D eigenvalue weighted by atomic mass is 10.0. The van der Waals surface area contributed by atoms with E-state index in [4.69, 9.17) is 47.1 Å². The maximum Gasteiger partial charge on any atom is 0.323 e. The van der Waals surface area contributed by atoms with Crippen molar-refractivity contribution < 1.29 is 43.7 Å². The number of carboxylic acid groups (broad SMARTS) is 2. The van der Waals surface area contributed by atoms with E-state index in [0.29, 0.717) is 50.9 Å². The Hall–Kier alpha value is -4.88. The third kappa shape index (κ3) is 8.92. The van der Waals surface area contributed by atoms with Gasteiger partial charge < -0.3 is 29.5 Å². The van der Waals surface area contributed by atoms with Gasteiger partial charge in [-0.2, -0.15) is 0 Å². The Balaban J connectivity index is 1.33. The molecule has 1 unspecified atom stereocenters. The van der Waals surface area contributed by atoms with Crippen molar-refractivity contribution >= 4 is 46.2 Å². The molecule has 0 saturated heterocycles. The number of ether oxygens (including phenoxy) is 3. The molecule has 0 spiro atoms. The summed E-state index contributed by atoms with van der Waals surface area (Å²) in [6, 6.07) is 20.3. The van der Waals surface area contributed by atoms with E-state index in [1.165, 1.54) is 0 Å². The Morgan fingerprint density at radius 2 is 1.65 bits per heavy atom. The van der Waals surface area contributed by atoms with E-state index in [-0.39, 0.29) is 37.8 Å². The average molecular weight is 697 g/mol. The first-order valence-electron chi connectivity index (χ1n) is 14.8. The van der Waals surface area contributed by atoms with Crippen LogP contribution in [0.1, 0.15) is 29.5 Å². The SMILES string of the molecule is O=C(O)CCCOc1cccc(-c2cccc(COc3cc(OCc4ccc5nonc5c4)c(CNC(CO)C(=O)O)cc3Cl)c2Cl)c1. The fourth-order valence-corrected chi connectivity index (χ4v) is 5.27. The fraction of sp³-hybridized carbons (Fsp3) is 0.235. The second kappa shape index (κ2) is 16.3. The number of benzene rings is 4. The summed E-state index contributed by atoms with van der Waals surface area (Å²) in [5.74, 6) is -0.795. The van der Waals surface area contributed by atoms with Crippen molar-refractivity contribution in [2.24, 2.45) is 0 Å². The minimum atomic E-state index is -1.20. The highest BCUT2D eigenvalue weighted by molar-refractivity contribution is 6.34. The Morgan fingerprint density at radius 1 is 0.854 bits per heavy atom. The molecule has 0 amide bonds. The van der Waals surface area contributed by atoms with Gasteiger partial charge in [-0.25, -0.2) is 4.63 Å². The molecule has 0 radical (unpaired) electrons. The number of carboxylic acids is 2. The van der Waals surface area contributed by atoms with Crippen LogP contribution in [0.3, 0.4) is 0 Å². The molecular weight excluding hydrogens is 665 g/mol. The third-order valence-corrected chi connectivity index (χ3v) is 8.00. The first kappa shape index (κ1) is 34.5. The van der Waals surface area contributed by atoms with Gasteiger partial charge >= 0.3 is 11.9 Å². The van der Waals surface area contributed by atoms with Gasteiger partial charge in [0.05, 0.1) is 23.3 Å². The molecule has 5 rings (SSSR count). The monoisotopic (exact) mass is 695 g/mol. The van der Waals surface area contributed by atoms with Crippen LogP contribution >= 0.6 is 23.2 Å². The van der Waals surface area contributed by atoms with Crippen LogP contribution in [0.2, 0.25) is 10.0 Å². The molecule has 4 N–H and O–H groups in total. The second-order valence-electron chi connectivity index (χ2n) is 10.7. The predicted molar refractivity (Wildman–Crippen MR) is 177 cm³/mol. The van der Waals surface area contributed by atoms with Gasteiger partial charge in [-0.1, -0.05) is 59.6 Å². The van der Waals surface area contributed by atoms with Gasteiger partial charge in [-0.3, -0.25) is 14.9 Å². The summed E-state index contributed by atoms with van der Waals surface area (Å²) in [5.41, 5.74) is 4.75. The first-order valence-corrected chi connectivity index (χ1v) is 15.6. The summed E-state index contributed by atoms with van der Waals surface area (Å²) in [5, 5.41) is 38.8. The normalized spacial score (nSPS) is 11.7. The van der Waals surface area contributed by atoms with Crippen LogP contribution in [0, 0.1) is 0 Å². The number of aliphatic carboxylic acids is 2. The number of aliphatic hydroxyl groups excluding tert-OH is 1. The van der Waals surface area contributed by atoms with Gasteiger partial charge in [-0.05, 0) is 58.2 Å². The van der Waals surface area contributed by atoms with Gasteiger partial charge in [0, 0.05) is 35.7 Å². The Kier molecular flexibility index (Phi) is 11.7. The highest BCUT2D eigenvalue weighted by atomic mass is 35.5. The van der Waals surface area contributed by atoms with E-state index in [9.17, 15) is 19.8 Å². The summed E-state index contributed by atoms with van der Waals surface area (Å²) in [4.78, 5) is 22.2. The largest absolute Gasteiger partial charge is 0.494 e. The van der Waals surface area contributed by atoms with Crippen molar-refractivity contribution in [2.75, 3.05) is 13.2 Å². The standard InChI is InChI=1S/C34H31Cl2N3O9/c35-26-14-23(16-37-29(17-40)34(43)44)30(46-18-20-9-10-27-28(12-20)39-48-38-27)15-31(26)47-19-22-5-2-7-25(33(22)36)21-4-1-6-24(13-21)45-11-3-8-32(41)42/h1-2,4-7,9-10,12-15,29,37,40H,3,8,11,16-19H2,(H,41,42)(H,43,44). The molecule has 14 heteroatoms. The quantitative estimate of drug-likeness (QED) is 0.0820. The van der Waals surface area contributed by atoms with Crippen molar-refractivity contribution in [1.29, 1.82) is 0 Å². The van der Waals surface area contributed by atoms with E-state index in [1.807, 2.05) is 42.5 Å². The molecule has 0 aliphatic rings. The molecule has 4 aromatic carbocycles. The predicted octanol–water partition coefficient (Wildman–Crippen LogP) is 6.13. The number of rotatable bonds is 17. The van der Waals surface area contributed by atoms with Gasteiger partial charge in [0.25, 0.3) is 0 Å². The molecule has 0 aliphatic carbocycles. The Morgan fingerprint density at radius 3 is 2.44 bits per heavy atom. The Labute approximate surface area is 284 Å². The molecule has 1 atom stereocenters. The van der Waals surface area contributed by atoms with Crippen LogP contribution in [0.4, 0.5) is 0 Å². The lowest BCUT2D eigenvalue weighted by molar-refractivity contribution is -0.140. The van der Waals surface area contributed by atoms with E-state index in [0.717, 1.165) is 16.7 Å². The van der Waals surface area contributed by atoms with Crippen molar-refractivity contribution in [3.63, 3.8) is 0 Å². The number of hydrogen-bond donors (Lipinski definition) is 4. The average Bonchev–Trinajstić information content (AvgIpc) is 3.54. The topological polar surface area (TPSA) is 173 Å². The third-order valence-electron chi connectivity index (χ3n) is 7.26. The van der Waals surface area contributed by atoms with Crippen LogP contribution in [-0.4, -0.2) is 56.8 Å². The molecule has 48 heavy (non-hydrogen) atoms. The van der Waals surface area contributed by atoms with E-state index in [2.05, 4.69) is 15.6 Å². The zero-order valence-corrected chi connectivity index (χ0v) is 26.9. The van der Waals surface area contributed by atoms with Crippen molar-refractivity contribution in [3.8, 4) is 28.4 Å². The summed E-state index contributed by atoms with van der Waals surface area (Å²) in [7, 11) is 0. The Bertz CT molecular complexity index is 1900. The minimum Gasteiger partial charge on any atom is -0.494 e. The number of hydrogen-bond acceptors (Lipinski definition) is 10. The summed E-state index contributed by atoms with van der Waals surface area (Å²) >= 11 is 13.5. The van der Waals surface area contributed by atoms with Crippen molar-refractivity contribution in [2.45, 2.75) is 38.6 Å². The van der Waals surface area contributed by atoms with Crippen LogP contribution in [0.15, 0.2) is 77.4 Å². The summed E-state index contributed by atoms with van der Waals surface area (Å²) in [6.45, 7) is -0.0916. The van der Waals surface area contributed by atoms with Crippen LogP contribution in [0.25, 0.3) is 22.2 Å². The van der Waals surface area contributed by atoms with Gasteiger partial charge in [0.2, 0.25) is 0 Å². The lowest BCUT2D eigenvalue weighted by Crippen LogP contribution is -2.39. The van der Waals surface area contributed by atoms with Crippen molar-refractivity contribution in [3.05, 3.63) is 99.5 Å². The molecule has 250 valence electrons. The molecule has 12 nitrogen and oxygen atoms in total. The maximum atomic E-state index is 11.5. The number of aromatic nitrogens is 2. The number of carbonyl (C=O) groups is 2. The first-order chi connectivity index (χ1) is 23.2. The molecule has 5 aromatic rings. The van der Waals surface area contributed by atoms with Crippen LogP contribution in [0.5, 0.6) is 17.2 Å². The van der Waals surface area contributed by atoms with Gasteiger partial charge in [0.15, 0.2) is 0 Å². The van der Waals surface area contributed by atoms with E-state index >= 15 is 0 Å². The van der Waals surface area contributed by atoms with Gasteiger partial charge in [0.1, 0.15) is 47.5 Å². The minimum absolute atomic E-state index is 0.0254. The molecule has 0 fully saturated rings. The lowest BCUT2D eigenvalue weighted by Gasteiger charge is -2.18. The number of aliphatic hydroxyl groups is 1. The summed E-state index contributed by atoms with van der Waals surface area (Å²) in [6.07, 6.45) is 0.416. The maximum absolute atomic E-state index is 11.5. The smallest absolute Gasteiger partial charge is 0.323 e. The highest BCUT2D eigenvalue weighted by Crippen LogP contribution is 2.36. The molecule has 0 aliphatic heterocycles. The van der Waals surface area contributed by atoms with Gasteiger partial charge in [-0.15, -0.1) is 0 Å². The van der Waals surface area contributed by atoms with Crippen molar-refractivity contribution in [1.82, 2.24) is 15.6 Å². The second-order valence-corrected chi connectivity index (χ2v) is 11.4. The zero-order chi connectivity index (χ0) is 34.0.